The predicted octanol–water partition coefficient (Wildman–Crippen LogP) is 2.28. The molecule has 134 valence electrons. The van der Waals surface area contributed by atoms with Crippen molar-refractivity contribution in [2.24, 2.45) is 5.92 Å². The van der Waals surface area contributed by atoms with Crippen LogP contribution in [0.2, 0.25) is 0 Å². The molecule has 11 heteroatoms. The van der Waals surface area contributed by atoms with Crippen LogP contribution in [0.15, 0.2) is 23.1 Å². The van der Waals surface area contributed by atoms with E-state index in [4.69, 9.17) is 0 Å². The Balaban J connectivity index is 2.30. The van der Waals surface area contributed by atoms with Crippen LogP contribution in [0.5, 0.6) is 0 Å². The molecule has 1 heterocycles. The minimum Gasteiger partial charge on any atom is -0.366 e. The molecule has 0 spiro atoms. The van der Waals surface area contributed by atoms with Gasteiger partial charge in [-0.15, -0.1) is 0 Å². The smallest absolute Gasteiger partial charge is 0.366 e. The van der Waals surface area contributed by atoms with Crippen molar-refractivity contribution in [2.45, 2.75) is 23.9 Å². The van der Waals surface area contributed by atoms with Crippen molar-refractivity contribution < 1.29 is 26.5 Å². The average Bonchev–Trinajstić information content (AvgIpc) is 2.53. The topological polar surface area (TPSA) is 92.6 Å². The molecule has 0 radical (unpaired) electrons. The third-order valence-electron chi connectivity index (χ3n) is 4.02. The molecule has 0 unspecified atom stereocenters. The van der Waals surface area contributed by atoms with Crippen LogP contribution < -0.4 is 9.62 Å². The van der Waals surface area contributed by atoms with Crippen molar-refractivity contribution in [1.29, 1.82) is 0 Å². The number of anilines is 1. The van der Waals surface area contributed by atoms with Gasteiger partial charge in [0.2, 0.25) is 10.0 Å². The number of hydrogen-bond donors (Lipinski definition) is 1. The first-order chi connectivity index (χ1) is 11.1. The number of sulfonamides is 1. The predicted molar refractivity (Wildman–Crippen MR) is 80.3 cm³/mol. The van der Waals surface area contributed by atoms with Gasteiger partial charge in [0, 0.05) is 19.2 Å². The van der Waals surface area contributed by atoms with Gasteiger partial charge >= 0.3 is 6.18 Å². The number of alkyl halides is 3. The van der Waals surface area contributed by atoms with Gasteiger partial charge < -0.3 is 4.90 Å². The van der Waals surface area contributed by atoms with Crippen molar-refractivity contribution in [3.63, 3.8) is 0 Å². The lowest BCUT2D eigenvalue weighted by molar-refractivity contribution is -0.384. The largest absolute Gasteiger partial charge is 0.391 e. The van der Waals surface area contributed by atoms with Gasteiger partial charge in [-0.1, -0.05) is 0 Å². The van der Waals surface area contributed by atoms with Crippen molar-refractivity contribution in [3.05, 3.63) is 28.3 Å². The Morgan fingerprint density at radius 3 is 2.33 bits per heavy atom. The molecule has 0 bridgehead atoms. The third kappa shape index (κ3) is 3.78. The van der Waals surface area contributed by atoms with Gasteiger partial charge in [0.1, 0.15) is 5.69 Å². The van der Waals surface area contributed by atoms with Crippen LogP contribution in [0, 0.1) is 16.0 Å². The molecule has 1 fully saturated rings. The van der Waals surface area contributed by atoms with Gasteiger partial charge in [-0.3, -0.25) is 10.1 Å². The number of nitro groups is 1. The van der Waals surface area contributed by atoms with E-state index >= 15 is 0 Å². The van der Waals surface area contributed by atoms with Crippen LogP contribution in [0.25, 0.3) is 0 Å². The number of nitro benzene ring substituents is 1. The molecule has 0 atom stereocenters. The van der Waals surface area contributed by atoms with E-state index in [0.29, 0.717) is 0 Å². The molecule has 0 aromatic heterocycles. The second-order valence-corrected chi connectivity index (χ2v) is 7.30. The summed E-state index contributed by atoms with van der Waals surface area (Å²) in [6, 6.07) is 3.37. The Morgan fingerprint density at radius 2 is 1.88 bits per heavy atom. The third-order valence-corrected chi connectivity index (χ3v) is 5.43. The normalized spacial score (nSPS) is 17.1. The molecule has 2 rings (SSSR count). The first kappa shape index (κ1) is 18.5. The zero-order chi connectivity index (χ0) is 18.1. The van der Waals surface area contributed by atoms with Crippen molar-refractivity contribution in [2.75, 3.05) is 25.0 Å². The lowest BCUT2D eigenvalue weighted by Crippen LogP contribution is -2.39. The summed E-state index contributed by atoms with van der Waals surface area (Å²) in [7, 11) is -2.67. The number of hydrogen-bond acceptors (Lipinski definition) is 5. The fourth-order valence-corrected chi connectivity index (χ4v) is 3.40. The average molecular weight is 367 g/mol. The fraction of sp³-hybridized carbons (Fsp3) is 0.538. The van der Waals surface area contributed by atoms with Gasteiger partial charge in [0.05, 0.1) is 15.7 Å². The number of halogens is 3. The van der Waals surface area contributed by atoms with E-state index in [9.17, 15) is 31.7 Å². The number of rotatable bonds is 4. The minimum atomic E-state index is -4.28. The van der Waals surface area contributed by atoms with Crippen LogP contribution >= 0.6 is 0 Å². The van der Waals surface area contributed by atoms with Crippen LogP contribution in [0.4, 0.5) is 24.5 Å². The maximum Gasteiger partial charge on any atom is 0.391 e. The van der Waals surface area contributed by atoms with Crippen LogP contribution in [0.1, 0.15) is 12.8 Å². The van der Waals surface area contributed by atoms with Crippen LogP contribution in [-0.2, 0) is 10.0 Å². The molecule has 1 N–H and O–H groups in total. The maximum atomic E-state index is 12.7. The molecule has 1 aliphatic heterocycles. The Hall–Kier alpha value is -1.88. The second kappa shape index (κ2) is 6.55. The monoisotopic (exact) mass is 367 g/mol. The molecule has 0 saturated carbocycles. The van der Waals surface area contributed by atoms with Gasteiger partial charge in [0.15, 0.2) is 0 Å². The highest BCUT2D eigenvalue weighted by Gasteiger charge is 2.41. The van der Waals surface area contributed by atoms with Crippen molar-refractivity contribution >= 4 is 21.4 Å². The number of nitrogens with one attached hydrogen (secondary N) is 1. The van der Waals surface area contributed by atoms with E-state index in [2.05, 4.69) is 4.72 Å². The minimum absolute atomic E-state index is 0.0170. The zero-order valence-corrected chi connectivity index (χ0v) is 13.5. The lowest BCUT2D eigenvalue weighted by Gasteiger charge is -2.34. The first-order valence-electron chi connectivity index (χ1n) is 7.10. The van der Waals surface area contributed by atoms with Gasteiger partial charge in [0.25, 0.3) is 5.69 Å². The summed E-state index contributed by atoms with van der Waals surface area (Å²) in [5, 5.41) is 11.2. The number of nitrogens with zero attached hydrogens (tertiary/aromatic N) is 2. The summed E-state index contributed by atoms with van der Waals surface area (Å²) in [6.45, 7) is 0.0340. The summed E-state index contributed by atoms with van der Waals surface area (Å²) in [4.78, 5) is 11.7. The Bertz CT molecular complexity index is 728. The molecule has 7 nitrogen and oxygen atoms in total. The Morgan fingerprint density at radius 1 is 1.29 bits per heavy atom. The summed E-state index contributed by atoms with van der Waals surface area (Å²) in [5.74, 6) is -1.42. The number of benzene rings is 1. The van der Waals surface area contributed by atoms with Crippen LogP contribution in [-0.4, -0.2) is 39.7 Å². The summed E-state index contributed by atoms with van der Waals surface area (Å²) >= 11 is 0. The highest BCUT2D eigenvalue weighted by atomic mass is 32.2. The number of piperidine rings is 1. The fourth-order valence-electron chi connectivity index (χ4n) is 2.65. The highest BCUT2D eigenvalue weighted by molar-refractivity contribution is 7.89. The zero-order valence-electron chi connectivity index (χ0n) is 12.7. The molecule has 1 aromatic rings. The standard InChI is InChI=1S/C13H16F3N3O4S/c1-17-24(22,23)10-2-3-11(12(8-10)19(20)21)18-6-4-9(5-7-18)13(14,15)16/h2-3,8-9,17H,4-7H2,1H3. The van der Waals surface area contributed by atoms with E-state index in [1.807, 2.05) is 0 Å². The maximum absolute atomic E-state index is 12.7. The molecule has 0 amide bonds. The SMILES string of the molecule is CNS(=O)(=O)c1ccc(N2CCC(C(F)(F)F)CC2)c([N+](=O)[O-])c1. The second-order valence-electron chi connectivity index (χ2n) is 5.42. The molecule has 0 aliphatic carbocycles. The Labute approximate surface area is 136 Å². The van der Waals surface area contributed by atoms with Gasteiger partial charge in [-0.25, -0.2) is 13.1 Å². The molecular formula is C13H16F3N3O4S. The summed E-state index contributed by atoms with van der Waals surface area (Å²) in [6.07, 6.45) is -4.59. The highest BCUT2D eigenvalue weighted by Crippen LogP contribution is 2.38. The molecule has 1 aliphatic rings. The Kier molecular flexibility index (Phi) is 5.04. The first-order valence-corrected chi connectivity index (χ1v) is 8.58. The van der Waals surface area contributed by atoms with Gasteiger partial charge in [-0.05, 0) is 32.0 Å². The van der Waals surface area contributed by atoms with Crippen molar-refractivity contribution in [3.8, 4) is 0 Å². The van der Waals surface area contributed by atoms with E-state index < -0.39 is 32.7 Å². The van der Waals surface area contributed by atoms with E-state index in [1.54, 1.807) is 0 Å². The van der Waals surface area contributed by atoms with E-state index in [1.165, 1.54) is 24.1 Å². The summed E-state index contributed by atoms with van der Waals surface area (Å²) < 4.78 is 63.6. The van der Waals surface area contributed by atoms with Gasteiger partial charge in [-0.2, -0.15) is 13.2 Å². The molecule has 1 saturated heterocycles. The summed E-state index contributed by atoms with van der Waals surface area (Å²) in [5.41, 5.74) is -0.326. The van der Waals surface area contributed by atoms with Crippen molar-refractivity contribution in [1.82, 2.24) is 4.72 Å². The molecule has 1 aromatic carbocycles. The molecule has 24 heavy (non-hydrogen) atoms. The molecular weight excluding hydrogens is 351 g/mol. The van der Waals surface area contributed by atoms with E-state index in [-0.39, 0.29) is 36.5 Å². The van der Waals surface area contributed by atoms with Crippen LogP contribution in [0.3, 0.4) is 0 Å². The quantitative estimate of drug-likeness (QED) is 0.651. The van der Waals surface area contributed by atoms with E-state index in [0.717, 1.165) is 6.07 Å². The lowest BCUT2D eigenvalue weighted by atomic mass is 9.96.